The minimum Gasteiger partial charge on any atom is -0.364 e. The lowest BCUT2D eigenvalue weighted by atomic mass is 10.0. The minimum atomic E-state index is 0. The van der Waals surface area contributed by atoms with Gasteiger partial charge in [0.15, 0.2) is 0 Å². The summed E-state index contributed by atoms with van der Waals surface area (Å²) in [4.78, 5) is 5.88. The summed E-state index contributed by atoms with van der Waals surface area (Å²) in [7, 11) is 0. The lowest BCUT2D eigenvalue weighted by molar-refractivity contribution is 0.170. The highest BCUT2D eigenvalue weighted by Crippen LogP contribution is 2.25. The van der Waals surface area contributed by atoms with Crippen molar-refractivity contribution in [3.63, 3.8) is 0 Å². The van der Waals surface area contributed by atoms with Gasteiger partial charge < -0.3 is 10.3 Å². The van der Waals surface area contributed by atoms with E-state index in [0.29, 0.717) is 6.04 Å². The zero-order valence-electron chi connectivity index (χ0n) is 10.8. The van der Waals surface area contributed by atoms with E-state index in [1.165, 1.54) is 11.3 Å². The van der Waals surface area contributed by atoms with Crippen LogP contribution in [0.25, 0.3) is 0 Å². The summed E-state index contributed by atoms with van der Waals surface area (Å²) in [5.74, 6) is 0. The Hall–Kier alpha value is -0.480. The Kier molecular flexibility index (Phi) is 8.36. The van der Waals surface area contributed by atoms with Crippen LogP contribution in [-0.2, 0) is 0 Å². The number of aromatic amines is 1. The number of aromatic nitrogens is 1. The third-order valence-electron chi connectivity index (χ3n) is 3.12. The normalized spacial score (nSPS) is 17.4. The average Bonchev–Trinajstić information content (AvgIpc) is 2.80. The van der Waals surface area contributed by atoms with Crippen LogP contribution in [-0.4, -0.2) is 36.1 Å². The van der Waals surface area contributed by atoms with Crippen LogP contribution in [0.15, 0.2) is 30.5 Å². The van der Waals surface area contributed by atoms with Gasteiger partial charge in [-0.15, -0.1) is 31.4 Å². The molecule has 1 aliphatic heterocycles. The first-order chi connectivity index (χ1) is 7.77. The Morgan fingerprint density at radius 2 is 2.06 bits per heavy atom. The molecule has 0 radical (unpaired) electrons. The summed E-state index contributed by atoms with van der Waals surface area (Å²) in [5, 5.41) is 3.39. The van der Waals surface area contributed by atoms with E-state index in [1.54, 1.807) is 0 Å². The second kappa shape index (κ2) is 8.59. The summed E-state index contributed by atoms with van der Waals surface area (Å²) in [6.45, 7) is 10.6. The van der Waals surface area contributed by atoms with Crippen LogP contribution in [0, 0.1) is 0 Å². The first-order valence-corrected chi connectivity index (χ1v) is 6.00. The first-order valence-electron chi connectivity index (χ1n) is 6.00. The lowest BCUT2D eigenvalue weighted by Crippen LogP contribution is -2.45. The highest BCUT2D eigenvalue weighted by atomic mass is 35.5. The van der Waals surface area contributed by atoms with E-state index in [0.717, 1.165) is 32.6 Å². The van der Waals surface area contributed by atoms with Crippen molar-refractivity contribution in [3.8, 4) is 0 Å². The maximum absolute atomic E-state index is 4.04. The van der Waals surface area contributed by atoms with E-state index in [4.69, 9.17) is 0 Å². The van der Waals surface area contributed by atoms with Crippen LogP contribution >= 0.6 is 24.8 Å². The fraction of sp³-hybridized carbons (Fsp3) is 0.538. The number of H-pyrrole nitrogens is 1. The summed E-state index contributed by atoms with van der Waals surface area (Å²) in [6.07, 6.45) is 3.05. The summed E-state index contributed by atoms with van der Waals surface area (Å²) < 4.78 is 0. The molecule has 0 spiro atoms. The third-order valence-corrected chi connectivity index (χ3v) is 3.12. The molecule has 3 nitrogen and oxygen atoms in total. The van der Waals surface area contributed by atoms with Gasteiger partial charge >= 0.3 is 0 Å². The maximum Gasteiger partial charge on any atom is 0.0536 e. The summed E-state index contributed by atoms with van der Waals surface area (Å²) in [5.41, 5.74) is 2.56. The molecule has 2 N–H and O–H groups in total. The van der Waals surface area contributed by atoms with Gasteiger partial charge in [0.25, 0.3) is 0 Å². The second-order valence-electron chi connectivity index (χ2n) is 4.59. The second-order valence-corrected chi connectivity index (χ2v) is 4.59. The van der Waals surface area contributed by atoms with Gasteiger partial charge in [0.1, 0.15) is 0 Å². The Balaban J connectivity index is 0.00000144. The van der Waals surface area contributed by atoms with Crippen molar-refractivity contribution in [2.24, 2.45) is 0 Å². The molecule has 1 atom stereocenters. The van der Waals surface area contributed by atoms with Crippen molar-refractivity contribution in [3.05, 3.63) is 36.2 Å². The van der Waals surface area contributed by atoms with Crippen LogP contribution in [0.1, 0.15) is 25.1 Å². The molecular formula is C13H23Cl2N3. The molecule has 1 saturated heterocycles. The molecule has 2 heterocycles. The van der Waals surface area contributed by atoms with Crippen molar-refractivity contribution in [2.75, 3.05) is 26.2 Å². The van der Waals surface area contributed by atoms with Crippen molar-refractivity contribution < 1.29 is 0 Å². The molecular weight excluding hydrogens is 269 g/mol. The van der Waals surface area contributed by atoms with Gasteiger partial charge in [-0.2, -0.15) is 0 Å². The van der Waals surface area contributed by atoms with Crippen molar-refractivity contribution >= 4 is 24.8 Å². The van der Waals surface area contributed by atoms with Gasteiger partial charge in [-0.25, -0.2) is 0 Å². The van der Waals surface area contributed by atoms with E-state index >= 15 is 0 Å². The lowest BCUT2D eigenvalue weighted by Gasteiger charge is -2.34. The van der Waals surface area contributed by atoms with E-state index in [-0.39, 0.29) is 24.8 Å². The minimum absolute atomic E-state index is 0. The smallest absolute Gasteiger partial charge is 0.0536 e. The van der Waals surface area contributed by atoms with Gasteiger partial charge in [0.05, 0.1) is 6.04 Å². The monoisotopic (exact) mass is 291 g/mol. The predicted molar refractivity (Wildman–Crippen MR) is 81.9 cm³/mol. The molecule has 5 heteroatoms. The molecule has 1 aromatic rings. The molecule has 18 heavy (non-hydrogen) atoms. The number of nitrogens with one attached hydrogen (secondary N) is 2. The summed E-state index contributed by atoms with van der Waals surface area (Å²) in [6, 6.07) is 4.72. The van der Waals surface area contributed by atoms with Crippen LogP contribution in [0.4, 0.5) is 0 Å². The van der Waals surface area contributed by atoms with Gasteiger partial charge in [0, 0.05) is 38.1 Å². The van der Waals surface area contributed by atoms with Gasteiger partial charge in [-0.1, -0.05) is 5.57 Å². The zero-order chi connectivity index (χ0) is 11.4. The molecule has 1 aromatic heterocycles. The molecule has 1 aliphatic rings. The van der Waals surface area contributed by atoms with Gasteiger partial charge in [-0.05, 0) is 25.5 Å². The largest absolute Gasteiger partial charge is 0.364 e. The van der Waals surface area contributed by atoms with Crippen LogP contribution in [0.2, 0.25) is 0 Å². The quantitative estimate of drug-likeness (QED) is 0.836. The van der Waals surface area contributed by atoms with Crippen molar-refractivity contribution in [1.29, 1.82) is 0 Å². The van der Waals surface area contributed by atoms with E-state index in [9.17, 15) is 0 Å². The zero-order valence-corrected chi connectivity index (χ0v) is 12.4. The fourth-order valence-electron chi connectivity index (χ4n) is 2.31. The number of hydrogen-bond donors (Lipinski definition) is 2. The van der Waals surface area contributed by atoms with Crippen molar-refractivity contribution in [1.82, 2.24) is 15.2 Å². The van der Waals surface area contributed by atoms with E-state index < -0.39 is 0 Å². The standard InChI is InChI=1S/C13H21N3.2ClH/c1-11(2)10-13(12-4-3-5-15-12)16-8-6-14-7-9-16;;/h3-5,13-15H,1,6-10H2,2H3;2*1H/t13-;;/m1../s1. The maximum atomic E-state index is 4.04. The van der Waals surface area contributed by atoms with Gasteiger partial charge in [0.2, 0.25) is 0 Å². The van der Waals surface area contributed by atoms with E-state index in [2.05, 4.69) is 40.8 Å². The van der Waals surface area contributed by atoms with Crippen molar-refractivity contribution in [2.45, 2.75) is 19.4 Å². The molecule has 0 aliphatic carbocycles. The molecule has 1 fully saturated rings. The Morgan fingerprint density at radius 3 is 2.56 bits per heavy atom. The SMILES string of the molecule is C=C(C)C[C@H](c1ccc[nH]1)N1CCNCC1.Cl.Cl. The fourth-order valence-corrected chi connectivity index (χ4v) is 2.31. The topological polar surface area (TPSA) is 31.1 Å². The molecule has 0 amide bonds. The molecule has 0 unspecified atom stereocenters. The first kappa shape index (κ1) is 17.5. The van der Waals surface area contributed by atoms with Crippen LogP contribution < -0.4 is 5.32 Å². The Labute approximate surface area is 122 Å². The van der Waals surface area contributed by atoms with Crippen LogP contribution in [0.3, 0.4) is 0 Å². The van der Waals surface area contributed by atoms with Gasteiger partial charge in [-0.3, -0.25) is 4.90 Å². The molecule has 0 bridgehead atoms. The molecule has 0 aromatic carbocycles. The third kappa shape index (κ3) is 4.65. The Morgan fingerprint density at radius 1 is 1.39 bits per heavy atom. The average molecular weight is 292 g/mol. The number of nitrogens with zero attached hydrogens (tertiary/aromatic N) is 1. The predicted octanol–water partition coefficient (Wildman–Crippen LogP) is 2.77. The highest BCUT2D eigenvalue weighted by molar-refractivity contribution is 5.85. The van der Waals surface area contributed by atoms with Crippen LogP contribution in [0.5, 0.6) is 0 Å². The summed E-state index contributed by atoms with van der Waals surface area (Å²) >= 11 is 0. The number of piperazine rings is 1. The molecule has 104 valence electrons. The number of hydrogen-bond acceptors (Lipinski definition) is 2. The Bertz CT molecular complexity index is 332. The highest BCUT2D eigenvalue weighted by Gasteiger charge is 2.22. The molecule has 0 saturated carbocycles. The number of halogens is 2. The van der Waals surface area contributed by atoms with E-state index in [1.807, 2.05) is 6.20 Å². The number of rotatable bonds is 4. The molecule has 2 rings (SSSR count).